The molecule has 0 radical (unpaired) electrons. The molecule has 1 aromatic heterocycles. The topological polar surface area (TPSA) is 59.2 Å². The number of aromatic nitrogens is 1. The van der Waals surface area contributed by atoms with Crippen LogP contribution in [0, 0.1) is 5.92 Å². The molecule has 0 atom stereocenters. The molecular weight excluding hydrogens is 178 g/mol. The number of amides is 1. The molecule has 0 saturated heterocycles. The molecule has 1 rings (SSSR count). The fourth-order valence-corrected chi connectivity index (χ4v) is 1.10. The Bertz CT molecular complexity index is 319. The van der Waals surface area contributed by atoms with Crippen LogP contribution in [0.5, 0.6) is 0 Å². The summed E-state index contributed by atoms with van der Waals surface area (Å²) < 4.78 is 0. The number of nitrogens with zero attached hydrogens (tertiary/aromatic N) is 2. The molecule has 4 heteroatoms. The monoisotopic (exact) mass is 193 g/mol. The number of rotatable bonds is 2. The van der Waals surface area contributed by atoms with Gasteiger partial charge < -0.3 is 5.73 Å². The zero-order valence-electron chi connectivity index (χ0n) is 8.69. The minimum Gasteiger partial charge on any atom is -0.397 e. The molecule has 0 bridgehead atoms. The van der Waals surface area contributed by atoms with E-state index in [1.807, 2.05) is 13.8 Å². The maximum Gasteiger partial charge on any atom is 0.230 e. The number of nitrogens with two attached hydrogens (primary N) is 1. The van der Waals surface area contributed by atoms with E-state index in [2.05, 4.69) is 4.98 Å². The van der Waals surface area contributed by atoms with Crippen molar-refractivity contribution in [3.8, 4) is 0 Å². The van der Waals surface area contributed by atoms with Gasteiger partial charge >= 0.3 is 0 Å². The Morgan fingerprint density at radius 2 is 2.14 bits per heavy atom. The molecule has 14 heavy (non-hydrogen) atoms. The first kappa shape index (κ1) is 10.5. The van der Waals surface area contributed by atoms with Crippen LogP contribution < -0.4 is 10.6 Å². The van der Waals surface area contributed by atoms with Crippen LogP contribution in [-0.4, -0.2) is 17.9 Å². The maximum absolute atomic E-state index is 11.6. The molecule has 0 unspecified atom stereocenters. The van der Waals surface area contributed by atoms with Gasteiger partial charge in [0.2, 0.25) is 5.91 Å². The van der Waals surface area contributed by atoms with Gasteiger partial charge in [-0.25, -0.2) is 4.98 Å². The zero-order chi connectivity index (χ0) is 10.7. The lowest BCUT2D eigenvalue weighted by atomic mass is 10.2. The Balaban J connectivity index is 2.84. The summed E-state index contributed by atoms with van der Waals surface area (Å²) in [5, 5.41) is 0. The minimum atomic E-state index is -0.0284. The Hall–Kier alpha value is -1.58. The van der Waals surface area contributed by atoms with Crippen molar-refractivity contribution in [2.24, 2.45) is 5.92 Å². The Morgan fingerprint density at radius 3 is 2.57 bits per heavy atom. The van der Waals surface area contributed by atoms with Gasteiger partial charge in [-0.05, 0) is 12.1 Å². The van der Waals surface area contributed by atoms with Crippen molar-refractivity contribution in [3.63, 3.8) is 0 Å². The van der Waals surface area contributed by atoms with Gasteiger partial charge in [-0.3, -0.25) is 9.69 Å². The highest BCUT2D eigenvalue weighted by atomic mass is 16.2. The third-order valence-electron chi connectivity index (χ3n) is 1.94. The van der Waals surface area contributed by atoms with Crippen LogP contribution >= 0.6 is 0 Å². The lowest BCUT2D eigenvalue weighted by molar-refractivity contribution is -0.121. The van der Waals surface area contributed by atoms with E-state index in [4.69, 9.17) is 5.73 Å². The Kier molecular flexibility index (Phi) is 3.06. The summed E-state index contributed by atoms with van der Waals surface area (Å²) >= 11 is 0. The van der Waals surface area contributed by atoms with E-state index in [1.165, 1.54) is 4.90 Å². The fourth-order valence-electron chi connectivity index (χ4n) is 1.10. The first-order valence-corrected chi connectivity index (χ1v) is 4.51. The number of pyridine rings is 1. The van der Waals surface area contributed by atoms with Crippen LogP contribution in [0.1, 0.15) is 13.8 Å². The molecule has 0 aromatic carbocycles. The van der Waals surface area contributed by atoms with Gasteiger partial charge in [-0.15, -0.1) is 0 Å². The van der Waals surface area contributed by atoms with Crippen molar-refractivity contribution in [2.75, 3.05) is 17.7 Å². The summed E-state index contributed by atoms with van der Waals surface area (Å²) in [4.78, 5) is 17.2. The molecule has 4 nitrogen and oxygen atoms in total. The fraction of sp³-hybridized carbons (Fsp3) is 0.400. The predicted octanol–water partition coefficient (Wildman–Crippen LogP) is 1.28. The number of hydrogen-bond donors (Lipinski definition) is 1. The minimum absolute atomic E-state index is 0.0284. The van der Waals surface area contributed by atoms with Crippen molar-refractivity contribution in [3.05, 3.63) is 18.3 Å². The molecule has 2 N–H and O–H groups in total. The predicted molar refractivity (Wildman–Crippen MR) is 56.9 cm³/mol. The summed E-state index contributed by atoms with van der Waals surface area (Å²) in [5.74, 6) is 0.638. The molecular formula is C10H15N3O. The molecule has 1 heterocycles. The molecule has 1 amide bonds. The van der Waals surface area contributed by atoms with E-state index < -0.39 is 0 Å². The molecule has 0 aliphatic rings. The summed E-state index contributed by atoms with van der Waals surface area (Å²) in [6, 6.07) is 3.46. The van der Waals surface area contributed by atoms with Gasteiger partial charge in [0.25, 0.3) is 0 Å². The summed E-state index contributed by atoms with van der Waals surface area (Å²) in [6.07, 6.45) is 1.54. The number of carbonyl (C=O) groups excluding carboxylic acids is 1. The van der Waals surface area contributed by atoms with E-state index in [1.54, 1.807) is 25.4 Å². The largest absolute Gasteiger partial charge is 0.397 e. The lowest BCUT2D eigenvalue weighted by Gasteiger charge is -2.18. The molecule has 0 spiro atoms. The van der Waals surface area contributed by atoms with Crippen molar-refractivity contribution in [2.45, 2.75) is 13.8 Å². The first-order chi connectivity index (χ1) is 6.52. The van der Waals surface area contributed by atoms with Crippen molar-refractivity contribution in [1.29, 1.82) is 0 Å². The quantitative estimate of drug-likeness (QED) is 0.769. The van der Waals surface area contributed by atoms with Crippen molar-refractivity contribution < 1.29 is 4.79 Å². The van der Waals surface area contributed by atoms with Gasteiger partial charge in [-0.2, -0.15) is 0 Å². The normalized spacial score (nSPS) is 10.3. The summed E-state index contributed by atoms with van der Waals surface area (Å²) in [6.45, 7) is 3.71. The van der Waals surface area contributed by atoms with Gasteiger partial charge in [-0.1, -0.05) is 13.8 Å². The highest BCUT2D eigenvalue weighted by Crippen LogP contribution is 2.12. The molecule has 0 fully saturated rings. The number of carbonyl (C=O) groups is 1. The first-order valence-electron chi connectivity index (χ1n) is 4.51. The molecule has 76 valence electrons. The molecule has 0 aliphatic carbocycles. The van der Waals surface area contributed by atoms with Gasteiger partial charge in [0.1, 0.15) is 5.82 Å². The van der Waals surface area contributed by atoms with Gasteiger partial charge in [0.05, 0.1) is 11.9 Å². The van der Waals surface area contributed by atoms with E-state index in [9.17, 15) is 4.79 Å². The van der Waals surface area contributed by atoms with Crippen LogP contribution in [0.4, 0.5) is 11.5 Å². The van der Waals surface area contributed by atoms with Gasteiger partial charge in [0, 0.05) is 13.0 Å². The second kappa shape index (κ2) is 4.09. The summed E-state index contributed by atoms with van der Waals surface area (Å²) in [5.41, 5.74) is 6.09. The van der Waals surface area contributed by atoms with Crippen LogP contribution in [-0.2, 0) is 4.79 Å². The maximum atomic E-state index is 11.6. The van der Waals surface area contributed by atoms with Crippen LogP contribution in [0.2, 0.25) is 0 Å². The standard InChI is InChI=1S/C10H15N3O/c1-7(2)10(14)13(3)9-5-4-8(11)6-12-9/h4-7H,11H2,1-3H3. The van der Waals surface area contributed by atoms with Crippen molar-refractivity contribution in [1.82, 2.24) is 4.98 Å². The smallest absolute Gasteiger partial charge is 0.230 e. The molecule has 1 aromatic rings. The second-order valence-electron chi connectivity index (χ2n) is 3.50. The highest BCUT2D eigenvalue weighted by molar-refractivity contribution is 5.93. The zero-order valence-corrected chi connectivity index (χ0v) is 8.69. The highest BCUT2D eigenvalue weighted by Gasteiger charge is 2.14. The third kappa shape index (κ3) is 2.22. The average Bonchev–Trinajstić information content (AvgIpc) is 2.16. The summed E-state index contributed by atoms with van der Waals surface area (Å²) in [7, 11) is 1.71. The van der Waals surface area contributed by atoms with E-state index >= 15 is 0 Å². The van der Waals surface area contributed by atoms with Crippen molar-refractivity contribution >= 4 is 17.4 Å². The lowest BCUT2D eigenvalue weighted by Crippen LogP contribution is -2.30. The van der Waals surface area contributed by atoms with Crippen LogP contribution in [0.3, 0.4) is 0 Å². The van der Waals surface area contributed by atoms with E-state index in [0.717, 1.165) is 0 Å². The Morgan fingerprint density at radius 1 is 1.50 bits per heavy atom. The van der Waals surface area contributed by atoms with Gasteiger partial charge in [0.15, 0.2) is 0 Å². The van der Waals surface area contributed by atoms with Crippen LogP contribution in [0.15, 0.2) is 18.3 Å². The number of nitrogen functional groups attached to an aromatic ring is 1. The van der Waals surface area contributed by atoms with Crippen LogP contribution in [0.25, 0.3) is 0 Å². The average molecular weight is 193 g/mol. The number of hydrogen-bond acceptors (Lipinski definition) is 3. The molecule has 0 saturated carbocycles. The molecule has 0 aliphatic heterocycles. The third-order valence-corrected chi connectivity index (χ3v) is 1.94. The van der Waals surface area contributed by atoms with E-state index in [-0.39, 0.29) is 11.8 Å². The number of anilines is 2. The second-order valence-corrected chi connectivity index (χ2v) is 3.50. The Labute approximate surface area is 83.7 Å². The SMILES string of the molecule is CC(C)C(=O)N(C)c1ccc(N)cn1. The van der Waals surface area contributed by atoms with E-state index in [0.29, 0.717) is 11.5 Å².